The zero-order valence-corrected chi connectivity index (χ0v) is 46.7. The van der Waals surface area contributed by atoms with E-state index in [1.807, 2.05) is 0 Å². The fraction of sp³-hybridized carbons (Fsp3) is 0.103. The van der Waals surface area contributed by atoms with Gasteiger partial charge in [0.15, 0.2) is 11.6 Å². The van der Waals surface area contributed by atoms with Crippen LogP contribution in [0.4, 0.5) is 68.5 Å². The number of anilines is 12. The number of fused-ring (bicyclic) bond motifs is 8. The van der Waals surface area contributed by atoms with Gasteiger partial charge < -0.3 is 9.80 Å². The fourth-order valence-electron chi connectivity index (χ4n) is 13.8. The second-order valence-electron chi connectivity index (χ2n) is 22.6. The lowest BCUT2D eigenvalue weighted by Gasteiger charge is -2.40. The molecule has 402 valence electrons. The molecule has 10 aromatic carbocycles. The van der Waals surface area contributed by atoms with E-state index in [1.165, 1.54) is 44.5 Å². The lowest BCUT2D eigenvalue weighted by molar-refractivity contribution is 0.977. The molecule has 0 radical (unpaired) electrons. The smallest absolute Gasteiger partial charge is 0.165 e. The van der Waals surface area contributed by atoms with Gasteiger partial charge in [0, 0.05) is 39.4 Å². The highest BCUT2D eigenvalue weighted by Crippen LogP contribution is 2.62. The van der Waals surface area contributed by atoms with E-state index in [1.54, 1.807) is 0 Å². The Labute approximate surface area is 491 Å². The van der Waals surface area contributed by atoms with E-state index in [-0.39, 0.29) is 0 Å². The highest BCUT2D eigenvalue weighted by molar-refractivity contribution is 6.11. The van der Waals surface area contributed by atoms with Gasteiger partial charge in [0.05, 0.1) is 34.1 Å². The van der Waals surface area contributed by atoms with Crippen LogP contribution in [-0.2, 0) is 51.4 Å². The van der Waals surface area contributed by atoms with Gasteiger partial charge in [0.2, 0.25) is 0 Å². The first-order valence-corrected chi connectivity index (χ1v) is 29.8. The number of rotatable bonds is 7. The van der Waals surface area contributed by atoms with Crippen LogP contribution in [0, 0.1) is 0 Å². The molecule has 2 aromatic heterocycles. The Morgan fingerprint density at radius 3 is 0.702 bits per heavy atom. The molecule has 4 aliphatic rings. The fourth-order valence-corrected chi connectivity index (χ4v) is 13.8. The number of aromatic nitrogens is 2. The predicted molar refractivity (Wildman–Crippen MR) is 347 cm³/mol. The molecule has 6 heterocycles. The number of nitrogens with zero attached hydrogens (tertiary/aromatic N) is 6. The van der Waals surface area contributed by atoms with Crippen LogP contribution in [0.3, 0.4) is 0 Å². The molecule has 6 heteroatoms. The summed E-state index contributed by atoms with van der Waals surface area (Å²) < 4.78 is 0. The first-order valence-electron chi connectivity index (χ1n) is 29.8. The Bertz CT molecular complexity index is 4020. The maximum Gasteiger partial charge on any atom is 0.165 e. The third kappa shape index (κ3) is 8.47. The third-order valence-electron chi connectivity index (χ3n) is 17.7. The second kappa shape index (κ2) is 20.9. The third-order valence-corrected chi connectivity index (χ3v) is 17.7. The number of para-hydroxylation sites is 8. The van der Waals surface area contributed by atoms with E-state index in [0.29, 0.717) is 0 Å². The average Bonchev–Trinajstić information content (AvgIpc) is 1.40. The zero-order chi connectivity index (χ0) is 55.5. The molecule has 84 heavy (non-hydrogen) atoms. The number of hydrogen-bond acceptors (Lipinski definition) is 6. The minimum atomic E-state index is 0.826. The van der Waals surface area contributed by atoms with Crippen LogP contribution in [-0.4, -0.2) is 9.97 Å². The van der Waals surface area contributed by atoms with Crippen molar-refractivity contribution in [1.29, 1.82) is 0 Å². The molecule has 0 saturated carbocycles. The minimum Gasteiger partial charge on any atom is -0.306 e. The van der Waals surface area contributed by atoms with Gasteiger partial charge in [-0.2, -0.15) is 0 Å². The predicted octanol–water partition coefficient (Wildman–Crippen LogP) is 19.8. The van der Waals surface area contributed by atoms with Crippen molar-refractivity contribution < 1.29 is 0 Å². The maximum absolute atomic E-state index is 6.70. The van der Waals surface area contributed by atoms with E-state index in [4.69, 9.17) is 9.97 Å². The Kier molecular flexibility index (Phi) is 12.3. The van der Waals surface area contributed by atoms with Crippen LogP contribution < -0.4 is 19.6 Å². The van der Waals surface area contributed by atoms with Crippen LogP contribution in [0.2, 0.25) is 0 Å². The van der Waals surface area contributed by atoms with Gasteiger partial charge in [-0.1, -0.05) is 206 Å². The molecule has 0 amide bonds. The van der Waals surface area contributed by atoms with Crippen LogP contribution in [0.5, 0.6) is 0 Å². The first-order chi connectivity index (χ1) is 41.7. The van der Waals surface area contributed by atoms with E-state index < -0.39 is 0 Å². The van der Waals surface area contributed by atoms with Crippen LogP contribution in [0.1, 0.15) is 44.5 Å². The van der Waals surface area contributed by atoms with Crippen LogP contribution in [0.15, 0.2) is 267 Å². The van der Waals surface area contributed by atoms with E-state index in [2.05, 4.69) is 287 Å². The van der Waals surface area contributed by atoms with Crippen molar-refractivity contribution in [2.45, 2.75) is 51.4 Å². The van der Waals surface area contributed by atoms with Gasteiger partial charge in [-0.15, -0.1) is 0 Å². The number of pyridine rings is 2. The summed E-state index contributed by atoms with van der Waals surface area (Å²) in [7, 11) is 0. The molecule has 0 N–H and O–H groups in total. The summed E-state index contributed by atoms with van der Waals surface area (Å²) >= 11 is 0. The molecule has 0 unspecified atom stereocenters. The van der Waals surface area contributed by atoms with Gasteiger partial charge in [0.25, 0.3) is 0 Å². The standard InChI is InChI=1S/C78H60N6/c1-3-23-53(24-4-1)64-51-63(52-65(79-64)54-25-5-2-6-26-54)74-75(81-66-35-15-7-27-55(66)43-44-56-28-8-16-36-67(56)81)77(83-70-39-19-11-31-59(70)47-48-60-32-12-20-40-71(60)83)80-78(84-72-41-21-13-33-61(72)49-50-62-34-14-22-42-73(62)84)76(74)82-68-37-17-9-29-57(68)45-46-58-30-10-18-38-69(58)82/h1-42,51-52H,43-50H2. The molecule has 12 aromatic rings. The first kappa shape index (κ1) is 49.5. The Balaban J connectivity index is 1.20. The second-order valence-corrected chi connectivity index (χ2v) is 22.6. The topological polar surface area (TPSA) is 38.7 Å². The van der Waals surface area contributed by atoms with Crippen molar-refractivity contribution in [1.82, 2.24) is 9.97 Å². The van der Waals surface area contributed by atoms with E-state index in [9.17, 15) is 0 Å². The van der Waals surface area contributed by atoms with E-state index >= 15 is 0 Å². The molecule has 16 rings (SSSR count). The van der Waals surface area contributed by atoms with Gasteiger partial charge in [-0.3, -0.25) is 9.80 Å². The summed E-state index contributed by atoms with van der Waals surface area (Å²) in [5.74, 6) is 1.65. The molecular weight excluding hydrogens is 1020 g/mol. The lowest BCUT2D eigenvalue weighted by atomic mass is 9.94. The number of aryl methyl sites for hydroxylation is 8. The minimum absolute atomic E-state index is 0.826. The summed E-state index contributed by atoms with van der Waals surface area (Å²) in [6.07, 6.45) is 7.03. The molecule has 0 aliphatic carbocycles. The van der Waals surface area contributed by atoms with Crippen molar-refractivity contribution in [2.24, 2.45) is 0 Å². The van der Waals surface area contributed by atoms with Crippen molar-refractivity contribution in [3.8, 4) is 33.6 Å². The van der Waals surface area contributed by atoms with Crippen molar-refractivity contribution >= 4 is 68.5 Å². The monoisotopic (exact) mass is 1080 g/mol. The molecular formula is C78H60N6. The zero-order valence-electron chi connectivity index (χ0n) is 46.7. The Hall–Kier alpha value is -10.3. The van der Waals surface area contributed by atoms with Crippen LogP contribution in [0.25, 0.3) is 33.6 Å². The SMILES string of the molecule is c1ccc(-c2cc(-c3c(N4c5ccccc5CCc5ccccc54)c(N4c5ccccc5CCc5ccccc54)nc(N4c5ccccc5CCc5ccccc54)c3N3c4ccccc4CCc4ccccc43)cc(-c3ccccc3)n2)cc1. The summed E-state index contributed by atoms with van der Waals surface area (Å²) in [6.45, 7) is 0. The van der Waals surface area contributed by atoms with Gasteiger partial charge in [-0.05, 0) is 162 Å². The Morgan fingerprint density at radius 1 is 0.214 bits per heavy atom. The molecule has 4 aliphatic heterocycles. The van der Waals surface area contributed by atoms with Gasteiger partial charge in [-0.25, -0.2) is 9.97 Å². The average molecular weight is 1080 g/mol. The molecule has 0 spiro atoms. The maximum atomic E-state index is 6.70. The molecule has 6 nitrogen and oxygen atoms in total. The van der Waals surface area contributed by atoms with E-state index in [0.717, 1.165) is 154 Å². The van der Waals surface area contributed by atoms with Gasteiger partial charge in [0.1, 0.15) is 11.4 Å². The van der Waals surface area contributed by atoms with Gasteiger partial charge >= 0.3 is 0 Å². The summed E-state index contributed by atoms with van der Waals surface area (Å²) in [5.41, 5.74) is 27.0. The molecule has 0 fully saturated rings. The number of hydrogen-bond donors (Lipinski definition) is 0. The molecule has 0 bridgehead atoms. The van der Waals surface area contributed by atoms with Crippen molar-refractivity contribution in [2.75, 3.05) is 19.6 Å². The largest absolute Gasteiger partial charge is 0.306 e. The highest BCUT2D eigenvalue weighted by Gasteiger charge is 2.41. The number of benzene rings is 10. The quantitative estimate of drug-likeness (QED) is 0.158. The molecule has 0 saturated heterocycles. The highest BCUT2D eigenvalue weighted by atomic mass is 15.3. The van der Waals surface area contributed by atoms with Crippen LogP contribution >= 0.6 is 0 Å². The summed E-state index contributed by atoms with van der Waals surface area (Å²) in [6, 6.07) is 99.0. The summed E-state index contributed by atoms with van der Waals surface area (Å²) in [5, 5.41) is 0. The normalized spacial score (nSPS) is 14.0. The van der Waals surface area contributed by atoms with Crippen molar-refractivity contribution in [3.63, 3.8) is 0 Å². The Morgan fingerprint density at radius 2 is 0.440 bits per heavy atom. The van der Waals surface area contributed by atoms with Crippen molar-refractivity contribution in [3.05, 3.63) is 311 Å². The lowest BCUT2D eigenvalue weighted by Crippen LogP contribution is -2.26. The molecule has 0 atom stereocenters. The summed E-state index contributed by atoms with van der Waals surface area (Å²) in [4.78, 5) is 22.7.